The van der Waals surface area contributed by atoms with Crippen LogP contribution in [0.25, 0.3) is 38.7 Å². The van der Waals surface area contributed by atoms with Crippen LogP contribution in [0.15, 0.2) is 85.1 Å². The second-order valence-corrected chi connectivity index (χ2v) is 7.63. The molecule has 0 aliphatic carbocycles. The number of fused-ring (bicyclic) bond motifs is 4. The Labute approximate surface area is 183 Å². The first-order chi connectivity index (χ1) is 15.7. The number of phenolic OH excluding ortho intramolecular Hbond substituents is 1. The van der Waals surface area contributed by atoms with Crippen molar-refractivity contribution in [3.63, 3.8) is 0 Å². The van der Waals surface area contributed by atoms with Gasteiger partial charge in [0.05, 0.1) is 11.0 Å². The number of aromatic nitrogens is 4. The van der Waals surface area contributed by atoms with Crippen LogP contribution in [0, 0.1) is 6.92 Å². The first-order valence-electron chi connectivity index (χ1n) is 10.3. The highest BCUT2D eigenvalue weighted by atomic mass is 16.5. The van der Waals surface area contributed by atoms with Gasteiger partial charge in [0.1, 0.15) is 17.0 Å². The molecule has 6 heteroatoms. The Morgan fingerprint density at radius 3 is 2.59 bits per heavy atom. The minimum atomic E-state index is 0.125. The second-order valence-electron chi connectivity index (χ2n) is 7.63. The molecule has 0 saturated heterocycles. The van der Waals surface area contributed by atoms with Crippen molar-refractivity contribution in [3.05, 3.63) is 90.8 Å². The SMILES string of the molecule is Cc1ccnc(-n2c3ccccc3c3ccc(Oc4ccc5cccc(O)c5n4)cc32)n1. The molecular weight excluding hydrogens is 400 g/mol. The van der Waals surface area contributed by atoms with Crippen LogP contribution in [-0.4, -0.2) is 24.6 Å². The fourth-order valence-corrected chi connectivity index (χ4v) is 4.06. The number of nitrogens with zero attached hydrogens (tertiary/aromatic N) is 4. The first-order valence-corrected chi connectivity index (χ1v) is 10.3. The Morgan fingerprint density at radius 1 is 0.812 bits per heavy atom. The molecule has 0 atom stereocenters. The lowest BCUT2D eigenvalue weighted by atomic mass is 10.1. The maximum Gasteiger partial charge on any atom is 0.234 e. The average molecular weight is 418 g/mol. The van der Waals surface area contributed by atoms with Gasteiger partial charge < -0.3 is 9.84 Å². The number of benzene rings is 3. The van der Waals surface area contributed by atoms with Gasteiger partial charge in [0, 0.05) is 40.2 Å². The molecule has 6 aromatic rings. The third-order valence-corrected chi connectivity index (χ3v) is 5.52. The number of aryl methyl sites for hydroxylation is 1. The molecule has 0 fully saturated rings. The number of pyridine rings is 1. The molecule has 0 aliphatic rings. The Balaban J connectivity index is 1.52. The van der Waals surface area contributed by atoms with E-state index in [1.807, 2.05) is 60.0 Å². The van der Waals surface area contributed by atoms with E-state index in [4.69, 9.17) is 4.74 Å². The fraction of sp³-hybridized carbons (Fsp3) is 0.0385. The van der Waals surface area contributed by atoms with Crippen LogP contribution < -0.4 is 4.74 Å². The maximum atomic E-state index is 10.1. The van der Waals surface area contributed by atoms with Crippen molar-refractivity contribution in [1.29, 1.82) is 0 Å². The van der Waals surface area contributed by atoms with Crippen LogP contribution in [0.1, 0.15) is 5.69 Å². The predicted molar refractivity (Wildman–Crippen MR) is 125 cm³/mol. The van der Waals surface area contributed by atoms with E-state index in [-0.39, 0.29) is 5.75 Å². The zero-order valence-electron chi connectivity index (χ0n) is 17.2. The zero-order valence-corrected chi connectivity index (χ0v) is 17.2. The van der Waals surface area contributed by atoms with Gasteiger partial charge in [-0.05, 0) is 43.3 Å². The third-order valence-electron chi connectivity index (χ3n) is 5.52. The van der Waals surface area contributed by atoms with E-state index in [9.17, 15) is 5.11 Å². The Bertz CT molecular complexity index is 1640. The van der Waals surface area contributed by atoms with Gasteiger partial charge in [-0.15, -0.1) is 0 Å². The molecule has 0 spiro atoms. The summed E-state index contributed by atoms with van der Waals surface area (Å²) in [6.07, 6.45) is 1.77. The summed E-state index contributed by atoms with van der Waals surface area (Å²) in [4.78, 5) is 13.6. The smallest absolute Gasteiger partial charge is 0.234 e. The Kier molecular flexibility index (Phi) is 4.04. The van der Waals surface area contributed by atoms with Gasteiger partial charge in [0.15, 0.2) is 0 Å². The van der Waals surface area contributed by atoms with Crippen LogP contribution in [0.2, 0.25) is 0 Å². The van der Waals surface area contributed by atoms with E-state index < -0.39 is 0 Å². The molecule has 32 heavy (non-hydrogen) atoms. The second kappa shape index (κ2) is 7.06. The summed E-state index contributed by atoms with van der Waals surface area (Å²) in [7, 11) is 0. The van der Waals surface area contributed by atoms with Gasteiger partial charge in [0.2, 0.25) is 11.8 Å². The standard InChI is InChI=1S/C26H18N4O2/c1-16-13-14-27-26(28-16)30-21-7-3-2-6-19(21)20-11-10-18(15-22(20)30)32-24-12-9-17-5-4-8-23(31)25(17)29-24/h2-15,31H,1H3. The summed E-state index contributed by atoms with van der Waals surface area (Å²) >= 11 is 0. The van der Waals surface area contributed by atoms with Gasteiger partial charge in [-0.2, -0.15) is 0 Å². The summed E-state index contributed by atoms with van der Waals surface area (Å²) in [5, 5.41) is 13.2. The quantitative estimate of drug-likeness (QED) is 0.386. The van der Waals surface area contributed by atoms with Crippen molar-refractivity contribution >= 4 is 32.7 Å². The highest BCUT2D eigenvalue weighted by Crippen LogP contribution is 2.34. The molecule has 3 heterocycles. The Morgan fingerprint density at radius 2 is 1.69 bits per heavy atom. The minimum Gasteiger partial charge on any atom is -0.506 e. The number of ether oxygens (including phenoxy) is 1. The normalized spacial score (nSPS) is 11.4. The molecule has 6 rings (SSSR count). The van der Waals surface area contributed by atoms with E-state index in [1.54, 1.807) is 24.4 Å². The van der Waals surface area contributed by atoms with Crippen LogP contribution in [0.5, 0.6) is 17.4 Å². The molecule has 0 saturated carbocycles. The van der Waals surface area contributed by atoms with Crippen molar-refractivity contribution in [1.82, 2.24) is 19.5 Å². The van der Waals surface area contributed by atoms with Crippen molar-refractivity contribution in [2.45, 2.75) is 6.92 Å². The van der Waals surface area contributed by atoms with Gasteiger partial charge in [0.25, 0.3) is 0 Å². The van der Waals surface area contributed by atoms with Gasteiger partial charge >= 0.3 is 0 Å². The van der Waals surface area contributed by atoms with Crippen molar-refractivity contribution in [2.24, 2.45) is 0 Å². The largest absolute Gasteiger partial charge is 0.506 e. The van der Waals surface area contributed by atoms with Crippen LogP contribution in [0.4, 0.5) is 0 Å². The van der Waals surface area contributed by atoms with Crippen molar-refractivity contribution in [2.75, 3.05) is 0 Å². The molecule has 154 valence electrons. The summed E-state index contributed by atoms with van der Waals surface area (Å²) in [5.41, 5.74) is 3.37. The predicted octanol–water partition coefficient (Wildman–Crippen LogP) is 5.93. The van der Waals surface area contributed by atoms with E-state index in [0.717, 1.165) is 32.9 Å². The molecular formula is C26H18N4O2. The molecule has 6 nitrogen and oxygen atoms in total. The molecule has 0 unspecified atom stereocenters. The molecule has 0 aliphatic heterocycles. The van der Waals surface area contributed by atoms with E-state index in [0.29, 0.717) is 23.1 Å². The Hall–Kier alpha value is -4.45. The number of para-hydroxylation sites is 2. The number of rotatable bonds is 3. The average Bonchev–Trinajstić information content (AvgIpc) is 3.13. The lowest BCUT2D eigenvalue weighted by molar-refractivity contribution is 0.460. The van der Waals surface area contributed by atoms with E-state index >= 15 is 0 Å². The van der Waals surface area contributed by atoms with Gasteiger partial charge in [-0.25, -0.2) is 15.0 Å². The zero-order chi connectivity index (χ0) is 21.7. The van der Waals surface area contributed by atoms with Gasteiger partial charge in [-0.1, -0.05) is 30.3 Å². The molecule has 0 amide bonds. The summed E-state index contributed by atoms with van der Waals surface area (Å²) in [6.45, 7) is 1.95. The van der Waals surface area contributed by atoms with E-state index in [1.165, 1.54) is 0 Å². The van der Waals surface area contributed by atoms with Crippen molar-refractivity contribution < 1.29 is 9.84 Å². The highest BCUT2D eigenvalue weighted by Gasteiger charge is 2.15. The van der Waals surface area contributed by atoms with Crippen molar-refractivity contribution in [3.8, 4) is 23.3 Å². The van der Waals surface area contributed by atoms with Crippen LogP contribution in [0.3, 0.4) is 0 Å². The lowest BCUT2D eigenvalue weighted by Crippen LogP contribution is -2.01. The third kappa shape index (κ3) is 2.93. The molecule has 0 bridgehead atoms. The molecule has 3 aromatic carbocycles. The van der Waals surface area contributed by atoms with E-state index in [2.05, 4.69) is 27.1 Å². The molecule has 1 N–H and O–H groups in total. The summed E-state index contributed by atoms with van der Waals surface area (Å²) < 4.78 is 8.13. The number of hydrogen-bond donors (Lipinski definition) is 1. The number of hydrogen-bond acceptors (Lipinski definition) is 5. The maximum absolute atomic E-state index is 10.1. The van der Waals surface area contributed by atoms with Crippen LogP contribution in [-0.2, 0) is 0 Å². The first kappa shape index (κ1) is 18.3. The monoisotopic (exact) mass is 418 g/mol. The van der Waals surface area contributed by atoms with Gasteiger partial charge in [-0.3, -0.25) is 4.57 Å². The number of phenols is 1. The highest BCUT2D eigenvalue weighted by molar-refractivity contribution is 6.09. The molecule has 0 radical (unpaired) electrons. The van der Waals surface area contributed by atoms with Crippen LogP contribution >= 0.6 is 0 Å². The molecule has 3 aromatic heterocycles. The number of aromatic hydroxyl groups is 1. The fourth-order valence-electron chi connectivity index (χ4n) is 4.06. The minimum absolute atomic E-state index is 0.125. The topological polar surface area (TPSA) is 73.1 Å². The summed E-state index contributed by atoms with van der Waals surface area (Å²) in [6, 6.07) is 25.0. The lowest BCUT2D eigenvalue weighted by Gasteiger charge is -2.09. The summed E-state index contributed by atoms with van der Waals surface area (Å²) in [5.74, 6) is 1.78.